The number of rotatable bonds is 3. The van der Waals surface area contributed by atoms with Gasteiger partial charge in [0.05, 0.1) is 6.20 Å². The summed E-state index contributed by atoms with van der Waals surface area (Å²) in [4.78, 5) is -0.237. The smallest absolute Gasteiger partial charge is 0.252 e. The highest BCUT2D eigenvalue weighted by atomic mass is 127. The summed E-state index contributed by atoms with van der Waals surface area (Å²) in [5.41, 5.74) is 0. The Kier molecular flexibility index (Phi) is 3.42. The quantitative estimate of drug-likeness (QED) is 0.811. The molecule has 0 aliphatic carbocycles. The van der Waals surface area contributed by atoms with E-state index in [1.807, 2.05) is 0 Å². The van der Waals surface area contributed by atoms with Crippen molar-refractivity contribution in [2.45, 2.75) is 17.9 Å². The fraction of sp³-hybridized carbons (Fsp3) is 0.400. The lowest BCUT2D eigenvalue weighted by Crippen LogP contribution is -2.15. The van der Waals surface area contributed by atoms with Gasteiger partial charge < -0.3 is 0 Å². The lowest BCUT2D eigenvalue weighted by atomic mass is 10.7. The third-order valence-corrected chi connectivity index (χ3v) is 3.78. The Morgan fingerprint density at radius 2 is 2.21 bits per heavy atom. The van der Waals surface area contributed by atoms with Gasteiger partial charge in [-0.15, -0.1) is 0 Å². The molecule has 0 aliphatic heterocycles. The monoisotopic (exact) mass is 337 g/mol. The molecule has 80 valence electrons. The van der Waals surface area contributed by atoms with Gasteiger partial charge in [-0.1, -0.05) is 0 Å². The van der Waals surface area contributed by atoms with E-state index in [2.05, 4.69) is 5.10 Å². The summed E-state index contributed by atoms with van der Waals surface area (Å²) < 4.78 is 46.7. The minimum absolute atomic E-state index is 0.0883. The molecule has 0 spiro atoms. The number of alkyl halides is 2. The molecule has 0 saturated carbocycles. The summed E-state index contributed by atoms with van der Waals surface area (Å²) in [6.07, 6.45) is -1.63. The van der Waals surface area contributed by atoms with Crippen LogP contribution in [0.4, 0.5) is 8.78 Å². The lowest BCUT2D eigenvalue weighted by Gasteiger charge is -2.01. The van der Waals surface area contributed by atoms with Gasteiger partial charge in [-0.2, -0.15) is 5.10 Å². The summed E-state index contributed by atoms with van der Waals surface area (Å²) in [6, 6.07) is 0. The molecule has 0 amide bonds. The molecule has 5 nitrogen and oxygen atoms in total. The van der Waals surface area contributed by atoms with Crippen molar-refractivity contribution >= 4 is 32.6 Å². The van der Waals surface area contributed by atoms with E-state index in [4.69, 9.17) is 5.14 Å². The molecule has 0 bridgehead atoms. The van der Waals surface area contributed by atoms with Gasteiger partial charge in [0.25, 0.3) is 6.43 Å². The maximum absolute atomic E-state index is 12.0. The molecule has 0 aromatic carbocycles. The molecular weight excluding hydrogens is 331 g/mol. The molecule has 1 aromatic heterocycles. The number of hydrogen-bond acceptors (Lipinski definition) is 3. The molecule has 0 unspecified atom stereocenters. The third-order valence-electron chi connectivity index (χ3n) is 1.36. The van der Waals surface area contributed by atoms with Crippen LogP contribution in [-0.2, 0) is 16.6 Å². The van der Waals surface area contributed by atoms with Crippen LogP contribution in [0.25, 0.3) is 0 Å². The minimum Gasteiger partial charge on any atom is -0.252 e. The third kappa shape index (κ3) is 2.60. The summed E-state index contributed by atoms with van der Waals surface area (Å²) in [7, 11) is -3.88. The lowest BCUT2D eigenvalue weighted by molar-refractivity contribution is 0.120. The predicted octanol–water partition coefficient (Wildman–Crippen LogP) is 0.400. The molecule has 1 aromatic rings. The van der Waals surface area contributed by atoms with E-state index in [1.165, 1.54) is 0 Å². The number of halogens is 3. The van der Waals surface area contributed by atoms with Gasteiger partial charge in [0.2, 0.25) is 10.0 Å². The number of nitrogens with zero attached hydrogens (tertiary/aromatic N) is 2. The Morgan fingerprint density at radius 1 is 1.64 bits per heavy atom. The molecule has 0 fully saturated rings. The highest BCUT2D eigenvalue weighted by molar-refractivity contribution is 14.1. The summed E-state index contributed by atoms with van der Waals surface area (Å²) >= 11 is 1.60. The zero-order valence-electron chi connectivity index (χ0n) is 6.69. The number of hydrogen-bond donors (Lipinski definition) is 1. The average Bonchev–Trinajstić information content (AvgIpc) is 2.30. The second kappa shape index (κ2) is 4.06. The molecular formula is C5H6F2IN3O2S. The summed E-state index contributed by atoms with van der Waals surface area (Å²) in [5.74, 6) is 0. The zero-order valence-corrected chi connectivity index (χ0v) is 9.67. The predicted molar refractivity (Wildman–Crippen MR) is 52.3 cm³/mol. The number of sulfonamides is 1. The van der Waals surface area contributed by atoms with Crippen LogP contribution in [0.2, 0.25) is 0 Å². The number of primary sulfonamides is 1. The van der Waals surface area contributed by atoms with E-state index in [1.54, 1.807) is 22.6 Å². The largest absolute Gasteiger partial charge is 0.257 e. The van der Waals surface area contributed by atoms with Gasteiger partial charge in [0.15, 0.2) is 0 Å². The Balaban J connectivity index is 3.09. The van der Waals surface area contributed by atoms with Gasteiger partial charge in [-0.25, -0.2) is 22.3 Å². The standard InChI is InChI=1S/C5H6F2IN3O2S/c6-4(7)2-11-5(8)3(1-10-11)14(9,12)13/h1,4H,2H2,(H2,9,12,13). The fourth-order valence-electron chi connectivity index (χ4n) is 0.802. The van der Waals surface area contributed by atoms with Gasteiger partial charge in [-0.05, 0) is 22.6 Å². The average molecular weight is 337 g/mol. The molecule has 0 saturated heterocycles. The van der Waals surface area contributed by atoms with Crippen molar-refractivity contribution in [3.8, 4) is 0 Å². The highest BCUT2D eigenvalue weighted by Gasteiger charge is 2.19. The van der Waals surface area contributed by atoms with E-state index in [9.17, 15) is 17.2 Å². The molecule has 2 N–H and O–H groups in total. The number of aromatic nitrogens is 2. The second-order valence-electron chi connectivity index (χ2n) is 2.42. The SMILES string of the molecule is NS(=O)(=O)c1cnn(CC(F)F)c1I. The molecule has 14 heavy (non-hydrogen) atoms. The van der Waals surface area contributed by atoms with Crippen molar-refractivity contribution in [2.75, 3.05) is 0 Å². The molecule has 9 heteroatoms. The Bertz CT molecular complexity index is 430. The first-order chi connectivity index (χ1) is 6.32. The van der Waals surface area contributed by atoms with E-state index < -0.39 is 23.0 Å². The van der Waals surface area contributed by atoms with Crippen LogP contribution >= 0.6 is 22.6 Å². The van der Waals surface area contributed by atoms with Crippen LogP contribution in [0.3, 0.4) is 0 Å². The van der Waals surface area contributed by atoms with Crippen LogP contribution in [-0.4, -0.2) is 24.6 Å². The van der Waals surface area contributed by atoms with Crippen LogP contribution in [0.1, 0.15) is 0 Å². The van der Waals surface area contributed by atoms with Gasteiger partial charge in [0, 0.05) is 0 Å². The van der Waals surface area contributed by atoms with E-state index in [0.29, 0.717) is 0 Å². The van der Waals surface area contributed by atoms with Gasteiger partial charge in [0.1, 0.15) is 15.1 Å². The van der Waals surface area contributed by atoms with E-state index in [-0.39, 0.29) is 8.60 Å². The van der Waals surface area contributed by atoms with Crippen molar-refractivity contribution < 1.29 is 17.2 Å². The molecule has 0 atom stereocenters. The van der Waals surface area contributed by atoms with Crippen molar-refractivity contribution in [1.29, 1.82) is 0 Å². The maximum atomic E-state index is 12.0. The minimum atomic E-state index is -3.88. The van der Waals surface area contributed by atoms with Crippen LogP contribution < -0.4 is 5.14 Å². The molecule has 0 aliphatic rings. The first-order valence-electron chi connectivity index (χ1n) is 3.34. The first kappa shape index (κ1) is 11.8. The van der Waals surface area contributed by atoms with Crippen LogP contribution in [0, 0.1) is 3.70 Å². The first-order valence-corrected chi connectivity index (χ1v) is 5.97. The normalized spacial score (nSPS) is 12.4. The maximum Gasteiger partial charge on any atom is 0.257 e. The van der Waals surface area contributed by atoms with Crippen molar-refractivity contribution in [2.24, 2.45) is 5.14 Å². The zero-order chi connectivity index (χ0) is 10.9. The molecule has 1 heterocycles. The van der Waals surface area contributed by atoms with Crippen molar-refractivity contribution in [3.05, 3.63) is 9.90 Å². The van der Waals surface area contributed by atoms with E-state index in [0.717, 1.165) is 10.9 Å². The fourth-order valence-corrected chi connectivity index (χ4v) is 2.72. The number of nitrogens with two attached hydrogens (primary N) is 1. The van der Waals surface area contributed by atoms with Gasteiger partial charge >= 0.3 is 0 Å². The molecule has 1 rings (SSSR count). The van der Waals surface area contributed by atoms with Crippen LogP contribution in [0.15, 0.2) is 11.1 Å². The second-order valence-corrected chi connectivity index (χ2v) is 4.97. The van der Waals surface area contributed by atoms with E-state index >= 15 is 0 Å². The highest BCUT2D eigenvalue weighted by Crippen LogP contribution is 2.16. The Morgan fingerprint density at radius 3 is 2.57 bits per heavy atom. The Labute approximate surface area is 92.5 Å². The van der Waals surface area contributed by atoms with Gasteiger partial charge in [-0.3, -0.25) is 4.68 Å². The summed E-state index contributed by atoms with van der Waals surface area (Å²) in [6.45, 7) is -0.645. The topological polar surface area (TPSA) is 78.0 Å². The van der Waals surface area contributed by atoms with Crippen molar-refractivity contribution in [1.82, 2.24) is 9.78 Å². The Hall–Kier alpha value is -0.290. The molecule has 0 radical (unpaired) electrons. The van der Waals surface area contributed by atoms with Crippen molar-refractivity contribution in [3.63, 3.8) is 0 Å². The van der Waals surface area contributed by atoms with Crippen LogP contribution in [0.5, 0.6) is 0 Å². The summed E-state index contributed by atoms with van der Waals surface area (Å²) in [5, 5.41) is 8.32.